The molecule has 100 valence electrons. The molecule has 0 saturated carbocycles. The van der Waals surface area contributed by atoms with Gasteiger partial charge in [-0.15, -0.1) is 0 Å². The number of nitrogens with two attached hydrogens (primary N) is 1. The highest BCUT2D eigenvalue weighted by molar-refractivity contribution is 9.10. The van der Waals surface area contributed by atoms with Crippen LogP contribution in [0.2, 0.25) is 0 Å². The molecule has 0 bridgehead atoms. The van der Waals surface area contributed by atoms with Crippen molar-refractivity contribution < 1.29 is 4.39 Å². The number of halogens is 2. The van der Waals surface area contributed by atoms with Gasteiger partial charge < -0.3 is 5.73 Å². The summed E-state index contributed by atoms with van der Waals surface area (Å²) >= 11 is 3.19. The minimum Gasteiger partial charge on any atom is -0.329 e. The molecule has 1 fully saturated rings. The van der Waals surface area contributed by atoms with E-state index in [4.69, 9.17) is 5.73 Å². The van der Waals surface area contributed by atoms with Crippen LogP contribution in [0.5, 0.6) is 0 Å². The van der Waals surface area contributed by atoms with Crippen LogP contribution in [-0.2, 0) is 0 Å². The highest BCUT2D eigenvalue weighted by atomic mass is 79.9. The van der Waals surface area contributed by atoms with E-state index in [1.165, 1.54) is 6.42 Å². The van der Waals surface area contributed by atoms with Gasteiger partial charge in [0.1, 0.15) is 5.82 Å². The summed E-state index contributed by atoms with van der Waals surface area (Å²) in [6, 6.07) is 5.95. The second-order valence-electron chi connectivity index (χ2n) is 5.31. The normalized spacial score (nSPS) is 26.5. The van der Waals surface area contributed by atoms with Crippen LogP contribution < -0.4 is 5.73 Å². The molecule has 4 heteroatoms. The average Bonchev–Trinajstić information content (AvgIpc) is 2.64. The Bertz CT molecular complexity index is 424. The summed E-state index contributed by atoms with van der Waals surface area (Å²) < 4.78 is 14.1. The molecule has 0 amide bonds. The van der Waals surface area contributed by atoms with E-state index >= 15 is 0 Å². The molecule has 1 heterocycles. The lowest BCUT2D eigenvalue weighted by molar-refractivity contribution is 0.192. The summed E-state index contributed by atoms with van der Waals surface area (Å²) in [5, 5.41) is 0. The Hall–Kier alpha value is -0.450. The number of hydrogen-bond donors (Lipinski definition) is 1. The highest BCUT2D eigenvalue weighted by Gasteiger charge is 2.32. The molecule has 1 aromatic carbocycles. The van der Waals surface area contributed by atoms with Gasteiger partial charge in [0, 0.05) is 25.2 Å². The van der Waals surface area contributed by atoms with Gasteiger partial charge in [-0.25, -0.2) is 4.39 Å². The van der Waals surface area contributed by atoms with Gasteiger partial charge in [-0.1, -0.05) is 13.0 Å². The van der Waals surface area contributed by atoms with Crippen LogP contribution >= 0.6 is 15.9 Å². The van der Waals surface area contributed by atoms with E-state index in [-0.39, 0.29) is 11.9 Å². The van der Waals surface area contributed by atoms with Crippen LogP contribution in [0.3, 0.4) is 0 Å². The van der Waals surface area contributed by atoms with Gasteiger partial charge in [-0.2, -0.15) is 0 Å². The van der Waals surface area contributed by atoms with Gasteiger partial charge in [-0.3, -0.25) is 4.90 Å². The fourth-order valence-corrected chi connectivity index (χ4v) is 3.20. The number of hydrogen-bond acceptors (Lipinski definition) is 2. The Morgan fingerprint density at radius 2 is 2.22 bits per heavy atom. The highest BCUT2D eigenvalue weighted by Crippen LogP contribution is 2.32. The first-order valence-electron chi connectivity index (χ1n) is 6.43. The van der Waals surface area contributed by atoms with Crippen molar-refractivity contribution in [1.82, 2.24) is 4.90 Å². The third-order valence-electron chi connectivity index (χ3n) is 3.78. The quantitative estimate of drug-likeness (QED) is 0.927. The minimum atomic E-state index is -0.217. The van der Waals surface area contributed by atoms with Gasteiger partial charge in [0.2, 0.25) is 0 Å². The summed E-state index contributed by atoms with van der Waals surface area (Å²) in [6.45, 7) is 6.05. The SMILES string of the molecule is CC1CC(C)N(C(CN)c2ccc(Br)c(F)c2)C1. The minimum absolute atomic E-state index is 0.118. The molecule has 0 aliphatic carbocycles. The van der Waals surface area contributed by atoms with Crippen molar-refractivity contribution in [1.29, 1.82) is 0 Å². The van der Waals surface area contributed by atoms with Gasteiger partial charge in [0.05, 0.1) is 4.47 Å². The molecule has 3 atom stereocenters. The molecular formula is C14H20BrFN2. The lowest BCUT2D eigenvalue weighted by Crippen LogP contribution is -2.36. The lowest BCUT2D eigenvalue weighted by atomic mass is 10.0. The Morgan fingerprint density at radius 1 is 1.50 bits per heavy atom. The predicted octanol–water partition coefficient (Wildman–Crippen LogP) is 3.32. The standard InChI is InChI=1S/C14H20BrFN2/c1-9-5-10(2)18(8-9)14(7-17)11-3-4-12(15)13(16)6-11/h3-4,6,9-10,14H,5,7-8,17H2,1-2H3. The van der Waals surface area contributed by atoms with Crippen LogP contribution in [0.1, 0.15) is 31.9 Å². The first kappa shape index (κ1) is 14.0. The first-order valence-corrected chi connectivity index (χ1v) is 7.23. The zero-order valence-electron chi connectivity index (χ0n) is 10.9. The van der Waals surface area contributed by atoms with Crippen LogP contribution in [0.4, 0.5) is 4.39 Å². The van der Waals surface area contributed by atoms with Crippen molar-refractivity contribution in [3.8, 4) is 0 Å². The van der Waals surface area contributed by atoms with E-state index in [1.807, 2.05) is 6.07 Å². The summed E-state index contributed by atoms with van der Waals surface area (Å²) in [7, 11) is 0. The average molecular weight is 315 g/mol. The van der Waals surface area contributed by atoms with Gasteiger partial charge in [0.25, 0.3) is 0 Å². The maximum Gasteiger partial charge on any atom is 0.137 e. The Labute approximate surface area is 116 Å². The number of benzene rings is 1. The van der Waals surface area contributed by atoms with Crippen LogP contribution in [0.15, 0.2) is 22.7 Å². The van der Waals surface area contributed by atoms with E-state index in [1.54, 1.807) is 12.1 Å². The van der Waals surface area contributed by atoms with Crippen molar-refractivity contribution in [3.63, 3.8) is 0 Å². The predicted molar refractivity (Wildman–Crippen MR) is 75.8 cm³/mol. The number of nitrogens with zero attached hydrogens (tertiary/aromatic N) is 1. The fraction of sp³-hybridized carbons (Fsp3) is 0.571. The number of rotatable bonds is 3. The summed E-state index contributed by atoms with van der Waals surface area (Å²) in [6.07, 6.45) is 1.19. The molecule has 18 heavy (non-hydrogen) atoms. The Morgan fingerprint density at radius 3 is 2.72 bits per heavy atom. The van der Waals surface area contributed by atoms with Crippen LogP contribution in [0.25, 0.3) is 0 Å². The fourth-order valence-electron chi connectivity index (χ4n) is 2.95. The molecule has 2 N–H and O–H groups in total. The first-order chi connectivity index (χ1) is 8.52. The van der Waals surface area contributed by atoms with Crippen molar-refractivity contribution in [2.24, 2.45) is 11.7 Å². The van der Waals surface area contributed by atoms with Gasteiger partial charge >= 0.3 is 0 Å². The van der Waals surface area contributed by atoms with Crippen LogP contribution in [-0.4, -0.2) is 24.0 Å². The molecule has 2 rings (SSSR count). The molecule has 0 spiro atoms. The molecule has 1 aliphatic heterocycles. The molecule has 2 nitrogen and oxygen atoms in total. The third kappa shape index (κ3) is 2.76. The third-order valence-corrected chi connectivity index (χ3v) is 4.43. The molecule has 1 aliphatic rings. The molecule has 0 aromatic heterocycles. The molecule has 3 unspecified atom stereocenters. The van der Waals surface area contributed by atoms with E-state index < -0.39 is 0 Å². The topological polar surface area (TPSA) is 29.3 Å². The van der Waals surface area contributed by atoms with Gasteiger partial charge in [-0.05, 0) is 52.9 Å². The lowest BCUT2D eigenvalue weighted by Gasteiger charge is -2.31. The summed E-state index contributed by atoms with van der Waals surface area (Å²) in [4.78, 5) is 2.40. The molecule has 1 saturated heterocycles. The Balaban J connectivity index is 2.25. The summed E-state index contributed by atoms with van der Waals surface area (Å²) in [5.74, 6) is 0.472. The zero-order valence-corrected chi connectivity index (χ0v) is 12.5. The molecule has 1 aromatic rings. The monoisotopic (exact) mass is 314 g/mol. The second-order valence-corrected chi connectivity index (χ2v) is 6.17. The van der Waals surface area contributed by atoms with E-state index in [2.05, 4.69) is 34.7 Å². The zero-order chi connectivity index (χ0) is 13.3. The maximum atomic E-state index is 13.6. The number of likely N-dealkylation sites (tertiary alicyclic amines) is 1. The van der Waals surface area contributed by atoms with E-state index in [0.29, 0.717) is 23.0 Å². The van der Waals surface area contributed by atoms with Crippen molar-refractivity contribution in [3.05, 3.63) is 34.1 Å². The molecular weight excluding hydrogens is 295 g/mol. The molecule has 0 radical (unpaired) electrons. The van der Waals surface area contributed by atoms with Crippen LogP contribution in [0, 0.1) is 11.7 Å². The maximum absolute atomic E-state index is 13.6. The largest absolute Gasteiger partial charge is 0.329 e. The van der Waals surface area contributed by atoms with Gasteiger partial charge in [0.15, 0.2) is 0 Å². The van der Waals surface area contributed by atoms with E-state index in [9.17, 15) is 4.39 Å². The van der Waals surface area contributed by atoms with E-state index in [0.717, 1.165) is 12.1 Å². The van der Waals surface area contributed by atoms with Crippen molar-refractivity contribution >= 4 is 15.9 Å². The van der Waals surface area contributed by atoms with Crippen molar-refractivity contribution in [2.75, 3.05) is 13.1 Å². The Kier molecular flexibility index (Phi) is 4.41. The summed E-state index contributed by atoms with van der Waals surface area (Å²) in [5.41, 5.74) is 6.88. The second kappa shape index (κ2) is 5.68. The van der Waals surface area contributed by atoms with Crippen molar-refractivity contribution in [2.45, 2.75) is 32.4 Å². The smallest absolute Gasteiger partial charge is 0.137 e.